The van der Waals surface area contributed by atoms with Crippen LogP contribution >= 0.6 is 22.6 Å². The monoisotopic (exact) mass is 421 g/mol. The molecule has 22 heavy (non-hydrogen) atoms. The van der Waals surface area contributed by atoms with Crippen molar-refractivity contribution in [1.82, 2.24) is 5.32 Å². The predicted molar refractivity (Wildman–Crippen MR) is 89.7 cm³/mol. The molecule has 0 bridgehead atoms. The smallest absolute Gasteiger partial charge is 0.306 e. The maximum Gasteiger partial charge on any atom is 0.306 e. The van der Waals surface area contributed by atoms with Crippen LogP contribution in [0.2, 0.25) is 0 Å². The summed E-state index contributed by atoms with van der Waals surface area (Å²) in [4.78, 5) is 23.0. The molecule has 0 unspecified atom stereocenters. The Kier molecular flexibility index (Phi) is 8.00. The minimum absolute atomic E-state index is 0.0480. The summed E-state index contributed by atoms with van der Waals surface area (Å²) in [7, 11) is 1.46. The fourth-order valence-electron chi connectivity index (χ4n) is 1.67. The molecule has 1 aromatic carbocycles. The topological polar surface area (TPSA) is 84.9 Å². The molecular formula is C15H20INO5. The molecular weight excluding hydrogens is 401 g/mol. The van der Waals surface area contributed by atoms with Gasteiger partial charge in [-0.05, 0) is 46.7 Å². The number of esters is 1. The van der Waals surface area contributed by atoms with Crippen LogP contribution in [0, 0.1) is 3.57 Å². The third-order valence-corrected chi connectivity index (χ3v) is 3.93. The number of phenols is 1. The molecule has 0 heterocycles. The molecule has 1 amide bonds. The summed E-state index contributed by atoms with van der Waals surface area (Å²) >= 11 is 2.06. The van der Waals surface area contributed by atoms with E-state index in [0.717, 1.165) is 22.0 Å². The van der Waals surface area contributed by atoms with Gasteiger partial charge in [0.2, 0.25) is 0 Å². The number of carbonyl (C=O) groups excluding carboxylic acids is 2. The molecule has 0 aromatic heterocycles. The fraction of sp³-hybridized carbons (Fsp3) is 0.467. The molecule has 122 valence electrons. The van der Waals surface area contributed by atoms with Crippen LogP contribution in [0.15, 0.2) is 12.1 Å². The molecule has 0 saturated heterocycles. The van der Waals surface area contributed by atoms with Crippen molar-refractivity contribution in [1.29, 1.82) is 0 Å². The standard InChI is InChI=1S/C15H20INO5/c1-3-4-5-15(20)22-9-14(19)17-8-10-6-13(21-2)12(18)7-11(10)16/h6-7,18H,3-5,8-9H2,1-2H3,(H,17,19). The Morgan fingerprint density at radius 3 is 2.73 bits per heavy atom. The highest BCUT2D eigenvalue weighted by Crippen LogP contribution is 2.30. The quantitative estimate of drug-likeness (QED) is 0.498. The zero-order valence-electron chi connectivity index (χ0n) is 12.6. The van der Waals surface area contributed by atoms with Crippen molar-refractivity contribution in [2.75, 3.05) is 13.7 Å². The van der Waals surface area contributed by atoms with Crippen molar-refractivity contribution >= 4 is 34.5 Å². The summed E-state index contributed by atoms with van der Waals surface area (Å²) in [5, 5.41) is 12.3. The third kappa shape index (κ3) is 6.08. The van der Waals surface area contributed by atoms with Crippen LogP contribution in [0.5, 0.6) is 11.5 Å². The van der Waals surface area contributed by atoms with Crippen molar-refractivity contribution in [3.05, 3.63) is 21.3 Å². The summed E-state index contributed by atoms with van der Waals surface area (Å²) in [6.45, 7) is 1.96. The molecule has 2 N–H and O–H groups in total. The Hall–Kier alpha value is -1.51. The number of hydrogen-bond acceptors (Lipinski definition) is 5. The van der Waals surface area contributed by atoms with E-state index < -0.39 is 0 Å². The highest BCUT2D eigenvalue weighted by atomic mass is 127. The Labute approximate surface area is 143 Å². The van der Waals surface area contributed by atoms with Gasteiger partial charge in [0.05, 0.1) is 7.11 Å². The lowest BCUT2D eigenvalue weighted by atomic mass is 10.2. The molecule has 0 radical (unpaired) electrons. The van der Waals surface area contributed by atoms with Gasteiger partial charge in [-0.3, -0.25) is 9.59 Å². The maximum absolute atomic E-state index is 11.7. The average Bonchev–Trinajstić information content (AvgIpc) is 2.50. The molecule has 1 aromatic rings. The Balaban J connectivity index is 2.46. The molecule has 7 heteroatoms. The van der Waals surface area contributed by atoms with Crippen LogP contribution in [-0.2, 0) is 20.9 Å². The van der Waals surface area contributed by atoms with Gasteiger partial charge in [-0.25, -0.2) is 0 Å². The van der Waals surface area contributed by atoms with E-state index >= 15 is 0 Å². The van der Waals surface area contributed by atoms with Gasteiger partial charge >= 0.3 is 5.97 Å². The molecule has 0 atom stereocenters. The molecule has 0 aliphatic carbocycles. The molecule has 0 saturated carbocycles. The first kappa shape index (κ1) is 18.5. The molecule has 0 fully saturated rings. The third-order valence-electron chi connectivity index (χ3n) is 2.92. The first-order valence-corrected chi connectivity index (χ1v) is 8.03. The van der Waals surface area contributed by atoms with Crippen molar-refractivity contribution in [3.63, 3.8) is 0 Å². The largest absolute Gasteiger partial charge is 0.504 e. The first-order valence-electron chi connectivity index (χ1n) is 6.95. The zero-order chi connectivity index (χ0) is 16.5. The van der Waals surface area contributed by atoms with Crippen LogP contribution in [0.1, 0.15) is 31.7 Å². The van der Waals surface area contributed by atoms with Crippen molar-refractivity contribution in [3.8, 4) is 11.5 Å². The van der Waals surface area contributed by atoms with Gasteiger partial charge in [-0.1, -0.05) is 13.3 Å². The van der Waals surface area contributed by atoms with Gasteiger partial charge in [0.25, 0.3) is 5.91 Å². The second-order valence-electron chi connectivity index (χ2n) is 4.66. The van der Waals surface area contributed by atoms with E-state index in [1.54, 1.807) is 12.1 Å². The van der Waals surface area contributed by atoms with Crippen molar-refractivity contribution < 1.29 is 24.2 Å². The van der Waals surface area contributed by atoms with Crippen LogP contribution in [0.25, 0.3) is 0 Å². The minimum Gasteiger partial charge on any atom is -0.504 e. The Bertz CT molecular complexity index is 533. The van der Waals surface area contributed by atoms with Crippen molar-refractivity contribution in [2.24, 2.45) is 0 Å². The summed E-state index contributed by atoms with van der Waals surface area (Å²) < 4.78 is 10.7. The Morgan fingerprint density at radius 1 is 1.36 bits per heavy atom. The average molecular weight is 421 g/mol. The molecule has 1 rings (SSSR count). The number of nitrogens with one attached hydrogen (secondary N) is 1. The first-order chi connectivity index (χ1) is 10.5. The second-order valence-corrected chi connectivity index (χ2v) is 5.82. The summed E-state index contributed by atoms with van der Waals surface area (Å²) in [6, 6.07) is 3.22. The van der Waals surface area contributed by atoms with Gasteiger partial charge in [0.15, 0.2) is 18.1 Å². The van der Waals surface area contributed by atoms with Crippen LogP contribution in [-0.4, -0.2) is 30.7 Å². The number of benzene rings is 1. The van der Waals surface area contributed by atoms with Crippen LogP contribution < -0.4 is 10.1 Å². The molecule has 0 spiro atoms. The van der Waals surface area contributed by atoms with E-state index in [1.165, 1.54) is 7.11 Å². The lowest BCUT2D eigenvalue weighted by molar-refractivity contribution is -0.148. The van der Waals surface area contributed by atoms with Gasteiger partial charge < -0.3 is 19.9 Å². The van der Waals surface area contributed by atoms with Gasteiger partial charge in [-0.2, -0.15) is 0 Å². The highest BCUT2D eigenvalue weighted by molar-refractivity contribution is 14.1. The number of carbonyl (C=O) groups is 2. The maximum atomic E-state index is 11.7. The van der Waals surface area contributed by atoms with E-state index in [0.29, 0.717) is 12.2 Å². The Morgan fingerprint density at radius 2 is 2.09 bits per heavy atom. The number of aromatic hydroxyl groups is 1. The van der Waals surface area contributed by atoms with E-state index in [9.17, 15) is 14.7 Å². The van der Waals surface area contributed by atoms with Gasteiger partial charge in [0.1, 0.15) is 0 Å². The summed E-state index contributed by atoms with van der Waals surface area (Å²) in [5.41, 5.74) is 0.806. The number of hydrogen-bond donors (Lipinski definition) is 2. The predicted octanol–water partition coefficient (Wildman–Crippen LogP) is 2.36. The number of halogens is 1. The normalized spacial score (nSPS) is 10.1. The van der Waals surface area contributed by atoms with E-state index in [-0.39, 0.29) is 30.8 Å². The lowest BCUT2D eigenvalue weighted by Gasteiger charge is -2.11. The summed E-state index contributed by atoms with van der Waals surface area (Å²) in [5.74, 6) is -0.340. The number of unbranched alkanes of at least 4 members (excludes halogenated alkanes) is 1. The molecule has 0 aliphatic heterocycles. The number of rotatable bonds is 8. The van der Waals surface area contributed by atoms with Crippen LogP contribution in [0.4, 0.5) is 0 Å². The van der Waals surface area contributed by atoms with Gasteiger partial charge in [0, 0.05) is 16.5 Å². The molecule has 0 aliphatic rings. The number of phenolic OH excluding ortho intramolecular Hbond substituents is 1. The fourth-order valence-corrected chi connectivity index (χ4v) is 2.31. The van der Waals surface area contributed by atoms with Gasteiger partial charge in [-0.15, -0.1) is 0 Å². The van der Waals surface area contributed by atoms with E-state index in [1.807, 2.05) is 6.92 Å². The second kappa shape index (κ2) is 9.50. The van der Waals surface area contributed by atoms with E-state index in [2.05, 4.69) is 27.9 Å². The minimum atomic E-state index is -0.368. The highest BCUT2D eigenvalue weighted by Gasteiger charge is 2.10. The SMILES string of the molecule is CCCCC(=O)OCC(=O)NCc1cc(OC)c(O)cc1I. The number of ether oxygens (including phenoxy) is 2. The number of amides is 1. The van der Waals surface area contributed by atoms with Crippen molar-refractivity contribution in [2.45, 2.75) is 32.7 Å². The van der Waals surface area contributed by atoms with E-state index in [4.69, 9.17) is 9.47 Å². The number of methoxy groups -OCH3 is 1. The molecule has 6 nitrogen and oxygen atoms in total. The summed E-state index contributed by atoms with van der Waals surface area (Å²) in [6.07, 6.45) is 1.99. The lowest BCUT2D eigenvalue weighted by Crippen LogP contribution is -2.28. The zero-order valence-corrected chi connectivity index (χ0v) is 14.8. The van der Waals surface area contributed by atoms with Crippen LogP contribution in [0.3, 0.4) is 0 Å².